The third-order valence-electron chi connectivity index (χ3n) is 4.08. The van der Waals surface area contributed by atoms with Crippen LogP contribution in [-0.2, 0) is 0 Å². The number of benzene rings is 2. The van der Waals surface area contributed by atoms with Crippen molar-refractivity contribution in [2.45, 2.75) is 24.8 Å². The lowest BCUT2D eigenvalue weighted by atomic mass is 10.0. The molecule has 1 aliphatic heterocycles. The van der Waals surface area contributed by atoms with E-state index in [1.54, 1.807) is 24.3 Å². The number of aliphatic imine (C=N–C) groups is 1. The van der Waals surface area contributed by atoms with Gasteiger partial charge in [-0.25, -0.2) is 13.8 Å². The monoisotopic (exact) mass is 388 g/mol. The summed E-state index contributed by atoms with van der Waals surface area (Å²) in [7, 11) is 0. The van der Waals surface area contributed by atoms with Gasteiger partial charge in [0, 0.05) is 29.1 Å². The van der Waals surface area contributed by atoms with Crippen molar-refractivity contribution in [3.8, 4) is 11.1 Å². The van der Waals surface area contributed by atoms with Gasteiger partial charge < -0.3 is 5.32 Å². The molecular formula is C18H14ClF5N2. The van der Waals surface area contributed by atoms with Crippen LogP contribution in [0.1, 0.15) is 6.42 Å². The minimum atomic E-state index is -4.81. The Morgan fingerprint density at radius 1 is 1.08 bits per heavy atom. The first-order valence-corrected chi connectivity index (χ1v) is 8.22. The van der Waals surface area contributed by atoms with E-state index >= 15 is 0 Å². The Morgan fingerprint density at radius 2 is 1.77 bits per heavy atom. The average molecular weight is 389 g/mol. The molecule has 0 radical (unpaired) electrons. The van der Waals surface area contributed by atoms with E-state index in [0.29, 0.717) is 5.56 Å². The molecule has 0 spiro atoms. The Morgan fingerprint density at radius 3 is 2.38 bits per heavy atom. The van der Waals surface area contributed by atoms with Gasteiger partial charge in [-0.1, -0.05) is 41.9 Å². The van der Waals surface area contributed by atoms with E-state index in [1.807, 2.05) is 0 Å². The molecule has 0 aliphatic carbocycles. The SMILES string of the molecule is Fc1c(N=C([C@@H]2C[C@@H](F)CN2)C(F)(F)F)cccc1-c1ccccc1Cl. The van der Waals surface area contributed by atoms with Crippen LogP contribution in [0.4, 0.5) is 27.6 Å². The van der Waals surface area contributed by atoms with Crippen molar-refractivity contribution in [1.82, 2.24) is 5.32 Å². The molecule has 1 fully saturated rings. The van der Waals surface area contributed by atoms with E-state index in [-0.39, 0.29) is 23.6 Å². The van der Waals surface area contributed by atoms with Gasteiger partial charge in [0.25, 0.3) is 0 Å². The lowest BCUT2D eigenvalue weighted by Crippen LogP contribution is -2.40. The molecule has 1 heterocycles. The fourth-order valence-corrected chi connectivity index (χ4v) is 3.10. The molecule has 0 amide bonds. The maximum Gasteiger partial charge on any atom is 0.431 e. The first-order chi connectivity index (χ1) is 12.3. The molecule has 1 saturated heterocycles. The van der Waals surface area contributed by atoms with Crippen molar-refractivity contribution < 1.29 is 22.0 Å². The average Bonchev–Trinajstić information content (AvgIpc) is 2.99. The van der Waals surface area contributed by atoms with Crippen molar-refractivity contribution in [3.63, 3.8) is 0 Å². The smallest absolute Gasteiger partial charge is 0.306 e. The Balaban J connectivity index is 2.07. The Bertz CT molecular complexity index is 835. The van der Waals surface area contributed by atoms with Crippen LogP contribution in [0.5, 0.6) is 0 Å². The second-order valence-electron chi connectivity index (χ2n) is 5.91. The predicted octanol–water partition coefficient (Wildman–Crippen LogP) is 5.48. The highest BCUT2D eigenvalue weighted by Gasteiger charge is 2.43. The van der Waals surface area contributed by atoms with Crippen molar-refractivity contribution in [1.29, 1.82) is 0 Å². The molecule has 3 rings (SSSR count). The second-order valence-corrected chi connectivity index (χ2v) is 6.31. The molecule has 0 aromatic heterocycles. The normalized spacial score (nSPS) is 21.2. The number of rotatable bonds is 3. The molecule has 1 N–H and O–H groups in total. The minimum Gasteiger partial charge on any atom is -0.306 e. The molecule has 26 heavy (non-hydrogen) atoms. The summed E-state index contributed by atoms with van der Waals surface area (Å²) in [6, 6.07) is 9.05. The fourth-order valence-electron chi connectivity index (χ4n) is 2.86. The summed E-state index contributed by atoms with van der Waals surface area (Å²) in [4.78, 5) is 3.51. The van der Waals surface area contributed by atoms with Gasteiger partial charge in [0.1, 0.15) is 11.9 Å². The van der Waals surface area contributed by atoms with Crippen LogP contribution in [0.3, 0.4) is 0 Å². The van der Waals surface area contributed by atoms with Crippen LogP contribution in [0, 0.1) is 5.82 Å². The molecule has 0 saturated carbocycles. The van der Waals surface area contributed by atoms with Crippen LogP contribution in [0.15, 0.2) is 47.5 Å². The van der Waals surface area contributed by atoms with Crippen LogP contribution in [0.2, 0.25) is 5.02 Å². The van der Waals surface area contributed by atoms with Gasteiger partial charge in [0.05, 0.1) is 11.7 Å². The molecule has 2 atom stereocenters. The van der Waals surface area contributed by atoms with E-state index in [1.165, 1.54) is 12.1 Å². The standard InChI is InChI=1S/C18H14ClF5N2/c19-13-6-2-1-4-11(13)12-5-3-7-14(16(12)21)26-17(18(22,23)24)15-8-10(20)9-25-15/h1-7,10,15,25H,8-9H2/t10-,15+/m1/s1. The van der Waals surface area contributed by atoms with Crippen molar-refractivity contribution in [3.05, 3.63) is 53.3 Å². The molecule has 8 heteroatoms. The van der Waals surface area contributed by atoms with Gasteiger partial charge in [-0.3, -0.25) is 0 Å². The van der Waals surface area contributed by atoms with E-state index in [9.17, 15) is 22.0 Å². The summed E-state index contributed by atoms with van der Waals surface area (Å²) < 4.78 is 68.2. The third kappa shape index (κ3) is 3.88. The number of nitrogens with zero attached hydrogens (tertiary/aromatic N) is 1. The van der Waals surface area contributed by atoms with Crippen molar-refractivity contribution in [2.75, 3.05) is 6.54 Å². The van der Waals surface area contributed by atoms with Crippen LogP contribution >= 0.6 is 11.6 Å². The number of hydrogen-bond donors (Lipinski definition) is 1. The molecule has 1 aliphatic rings. The predicted molar refractivity (Wildman–Crippen MR) is 91.3 cm³/mol. The van der Waals surface area contributed by atoms with Gasteiger partial charge in [-0.05, 0) is 12.1 Å². The first-order valence-electron chi connectivity index (χ1n) is 7.84. The second kappa shape index (κ2) is 7.32. The van der Waals surface area contributed by atoms with Crippen LogP contribution in [0.25, 0.3) is 11.1 Å². The first kappa shape index (κ1) is 18.8. The van der Waals surface area contributed by atoms with Gasteiger partial charge >= 0.3 is 6.18 Å². The molecule has 2 aromatic rings. The molecule has 138 valence electrons. The lowest BCUT2D eigenvalue weighted by Gasteiger charge is -2.17. The zero-order valence-corrected chi connectivity index (χ0v) is 14.1. The highest BCUT2D eigenvalue weighted by molar-refractivity contribution is 6.33. The molecule has 0 bridgehead atoms. The molecular weight excluding hydrogens is 375 g/mol. The van der Waals surface area contributed by atoms with Crippen LogP contribution < -0.4 is 5.32 Å². The van der Waals surface area contributed by atoms with E-state index in [4.69, 9.17) is 11.6 Å². The third-order valence-corrected chi connectivity index (χ3v) is 4.41. The van der Waals surface area contributed by atoms with Crippen LogP contribution in [-0.4, -0.2) is 30.6 Å². The highest BCUT2D eigenvalue weighted by atomic mass is 35.5. The van der Waals surface area contributed by atoms with Gasteiger partial charge in [0.15, 0.2) is 5.82 Å². The molecule has 2 aromatic carbocycles. The molecule has 0 unspecified atom stereocenters. The van der Waals surface area contributed by atoms with E-state index in [2.05, 4.69) is 10.3 Å². The van der Waals surface area contributed by atoms with Crippen molar-refractivity contribution >= 4 is 23.0 Å². The number of hydrogen-bond acceptors (Lipinski definition) is 2. The van der Waals surface area contributed by atoms with Gasteiger partial charge in [0.2, 0.25) is 0 Å². The van der Waals surface area contributed by atoms with Crippen molar-refractivity contribution in [2.24, 2.45) is 4.99 Å². The van der Waals surface area contributed by atoms with E-state index < -0.39 is 35.6 Å². The number of alkyl halides is 4. The lowest BCUT2D eigenvalue weighted by molar-refractivity contribution is -0.0615. The summed E-state index contributed by atoms with van der Waals surface area (Å²) in [6.45, 7) is -0.193. The van der Waals surface area contributed by atoms with Gasteiger partial charge in [-0.15, -0.1) is 0 Å². The summed E-state index contributed by atoms with van der Waals surface area (Å²) in [5.74, 6) is -0.919. The summed E-state index contributed by atoms with van der Waals surface area (Å²) in [5, 5.41) is 2.70. The highest BCUT2D eigenvalue weighted by Crippen LogP contribution is 2.35. The maximum absolute atomic E-state index is 14.8. The Labute approximate surface area is 151 Å². The maximum atomic E-state index is 14.8. The zero-order chi connectivity index (χ0) is 18.9. The largest absolute Gasteiger partial charge is 0.431 e. The topological polar surface area (TPSA) is 24.4 Å². The summed E-state index contributed by atoms with van der Waals surface area (Å²) in [5.41, 5.74) is -1.33. The fraction of sp³-hybridized carbons (Fsp3) is 0.278. The van der Waals surface area contributed by atoms with Gasteiger partial charge in [-0.2, -0.15) is 13.2 Å². The summed E-state index contributed by atoms with van der Waals surface area (Å²) >= 11 is 6.05. The Kier molecular flexibility index (Phi) is 5.29. The Hall–Kier alpha value is -1.99. The summed E-state index contributed by atoms with van der Waals surface area (Å²) in [6.07, 6.45) is -6.56. The quantitative estimate of drug-likeness (QED) is 0.546. The van der Waals surface area contributed by atoms with E-state index in [0.717, 1.165) is 6.07 Å². The number of nitrogens with one attached hydrogen (secondary N) is 1. The zero-order valence-electron chi connectivity index (χ0n) is 13.3. The molecule has 2 nitrogen and oxygen atoms in total. The minimum absolute atomic E-state index is 0.0427. The number of halogens is 6.